The van der Waals surface area contributed by atoms with Gasteiger partial charge in [-0.2, -0.15) is 0 Å². The summed E-state index contributed by atoms with van der Waals surface area (Å²) in [7, 11) is 0. The van der Waals surface area contributed by atoms with E-state index in [9.17, 15) is 10.1 Å². The van der Waals surface area contributed by atoms with Crippen LogP contribution in [0.4, 0.5) is 11.4 Å². The smallest absolute Gasteiger partial charge is 0.333 e. The molecular weight excluding hydrogens is 258 g/mol. The Bertz CT molecular complexity index is 436. The minimum absolute atomic E-state index is 0.00431. The lowest BCUT2D eigenvalue weighted by atomic mass is 10.2. The van der Waals surface area contributed by atoms with Crippen LogP contribution in [0.3, 0.4) is 0 Å². The topological polar surface area (TPSA) is 76.4 Å². The minimum atomic E-state index is -0.398. The average Bonchev–Trinajstić information content (AvgIpc) is 2.37. The molecule has 6 nitrogen and oxygen atoms in total. The van der Waals surface area contributed by atoms with Gasteiger partial charge < -0.3 is 15.4 Å². The van der Waals surface area contributed by atoms with Crippen molar-refractivity contribution in [3.63, 3.8) is 0 Å². The zero-order valence-electron chi connectivity index (χ0n) is 12.3. The summed E-state index contributed by atoms with van der Waals surface area (Å²) in [5, 5.41) is 17.5. The molecule has 1 rings (SSSR count). The van der Waals surface area contributed by atoms with Crippen molar-refractivity contribution in [2.24, 2.45) is 0 Å². The third-order valence-electron chi connectivity index (χ3n) is 2.64. The van der Waals surface area contributed by atoms with Gasteiger partial charge in [-0.15, -0.1) is 0 Å². The summed E-state index contributed by atoms with van der Waals surface area (Å²) in [6.45, 7) is 8.24. The van der Waals surface area contributed by atoms with Gasteiger partial charge in [-0.3, -0.25) is 10.1 Å². The Balaban J connectivity index is 2.76. The van der Waals surface area contributed by atoms with Crippen molar-refractivity contribution in [2.75, 3.05) is 25.0 Å². The van der Waals surface area contributed by atoms with Crippen molar-refractivity contribution in [1.29, 1.82) is 0 Å². The molecule has 0 fully saturated rings. The lowest BCUT2D eigenvalue weighted by Crippen LogP contribution is -2.17. The number of nitrogens with one attached hydrogen (secondary N) is 2. The minimum Gasteiger partial charge on any atom is -0.484 e. The first-order chi connectivity index (χ1) is 9.56. The molecule has 0 unspecified atom stereocenters. The molecule has 0 aliphatic heterocycles. The number of nitro groups is 1. The van der Waals surface area contributed by atoms with E-state index in [4.69, 9.17) is 4.74 Å². The molecule has 0 atom stereocenters. The molecule has 0 aromatic heterocycles. The van der Waals surface area contributed by atoms with Crippen molar-refractivity contribution in [3.8, 4) is 5.75 Å². The maximum atomic E-state index is 11.2. The Morgan fingerprint density at radius 2 is 2.10 bits per heavy atom. The first kappa shape index (κ1) is 16.2. The molecule has 0 amide bonds. The zero-order chi connectivity index (χ0) is 15.0. The number of nitro benzene ring substituents is 1. The molecule has 0 saturated heterocycles. The lowest BCUT2D eigenvalue weighted by Gasteiger charge is -2.13. The number of rotatable bonds is 9. The monoisotopic (exact) mass is 281 g/mol. The summed E-state index contributed by atoms with van der Waals surface area (Å²) in [5.41, 5.74) is 0.509. The summed E-state index contributed by atoms with van der Waals surface area (Å²) in [4.78, 5) is 10.8. The first-order valence-electron chi connectivity index (χ1n) is 6.95. The molecule has 0 heterocycles. The molecule has 2 N–H and O–H groups in total. The van der Waals surface area contributed by atoms with Crippen molar-refractivity contribution < 1.29 is 9.66 Å². The van der Waals surface area contributed by atoms with Gasteiger partial charge in [0, 0.05) is 6.54 Å². The Morgan fingerprint density at radius 1 is 1.35 bits per heavy atom. The number of hydrogen-bond acceptors (Lipinski definition) is 5. The van der Waals surface area contributed by atoms with Crippen LogP contribution in [-0.2, 0) is 0 Å². The van der Waals surface area contributed by atoms with Crippen molar-refractivity contribution >= 4 is 11.4 Å². The SMILES string of the molecule is CCNCCCNc1cccc(OC(C)C)c1[N+](=O)[O-]. The van der Waals surface area contributed by atoms with Gasteiger partial charge >= 0.3 is 5.69 Å². The molecular formula is C14H23N3O3. The zero-order valence-corrected chi connectivity index (χ0v) is 12.3. The van der Waals surface area contributed by atoms with E-state index in [0.29, 0.717) is 18.0 Å². The van der Waals surface area contributed by atoms with Crippen LogP contribution in [0.15, 0.2) is 18.2 Å². The second-order valence-corrected chi connectivity index (χ2v) is 4.71. The highest BCUT2D eigenvalue weighted by atomic mass is 16.6. The van der Waals surface area contributed by atoms with Gasteiger partial charge in [0.1, 0.15) is 5.69 Å². The number of ether oxygens (including phenoxy) is 1. The maximum absolute atomic E-state index is 11.2. The lowest BCUT2D eigenvalue weighted by molar-refractivity contribution is -0.385. The summed E-state index contributed by atoms with van der Waals surface area (Å²) in [6.07, 6.45) is 0.804. The van der Waals surface area contributed by atoms with E-state index in [1.165, 1.54) is 0 Å². The number of nitrogens with zero attached hydrogens (tertiary/aromatic N) is 1. The molecule has 0 spiro atoms. The van der Waals surface area contributed by atoms with Crippen LogP contribution in [-0.4, -0.2) is 30.7 Å². The highest BCUT2D eigenvalue weighted by Gasteiger charge is 2.21. The summed E-state index contributed by atoms with van der Waals surface area (Å²) >= 11 is 0. The van der Waals surface area contributed by atoms with E-state index in [1.54, 1.807) is 18.2 Å². The number of hydrogen-bond donors (Lipinski definition) is 2. The van der Waals surface area contributed by atoms with Gasteiger partial charge in [0.05, 0.1) is 11.0 Å². The van der Waals surface area contributed by atoms with Gasteiger partial charge in [0.15, 0.2) is 5.75 Å². The fourth-order valence-corrected chi connectivity index (χ4v) is 1.82. The van der Waals surface area contributed by atoms with E-state index in [1.807, 2.05) is 20.8 Å². The van der Waals surface area contributed by atoms with Crippen molar-refractivity contribution in [2.45, 2.75) is 33.3 Å². The molecule has 0 aliphatic carbocycles. The third kappa shape index (κ3) is 5.05. The van der Waals surface area contributed by atoms with Gasteiger partial charge in [0.25, 0.3) is 0 Å². The highest BCUT2D eigenvalue weighted by molar-refractivity contribution is 5.68. The van der Waals surface area contributed by atoms with Crippen LogP contribution in [0.2, 0.25) is 0 Å². The van der Waals surface area contributed by atoms with Crippen LogP contribution in [0.25, 0.3) is 0 Å². The van der Waals surface area contributed by atoms with E-state index < -0.39 is 4.92 Å². The standard InChI is InChI=1S/C14H23N3O3/c1-4-15-9-6-10-16-12-7-5-8-13(20-11(2)3)14(12)17(18)19/h5,7-8,11,15-16H,4,6,9-10H2,1-3H3. The predicted octanol–water partition coefficient (Wildman–Crippen LogP) is 2.79. The summed E-state index contributed by atoms with van der Waals surface area (Å²) in [5.74, 6) is 0.307. The van der Waals surface area contributed by atoms with Crippen LogP contribution >= 0.6 is 0 Å². The second kappa shape index (κ2) is 8.37. The van der Waals surface area contributed by atoms with Crippen LogP contribution < -0.4 is 15.4 Å². The van der Waals surface area contributed by atoms with E-state index in [-0.39, 0.29) is 11.8 Å². The fraction of sp³-hybridized carbons (Fsp3) is 0.571. The van der Waals surface area contributed by atoms with Crippen LogP contribution in [0.1, 0.15) is 27.2 Å². The number of para-hydroxylation sites is 1. The predicted molar refractivity (Wildman–Crippen MR) is 80.5 cm³/mol. The number of benzene rings is 1. The number of anilines is 1. The van der Waals surface area contributed by atoms with Crippen molar-refractivity contribution in [3.05, 3.63) is 28.3 Å². The largest absolute Gasteiger partial charge is 0.484 e. The molecule has 6 heteroatoms. The van der Waals surface area contributed by atoms with Crippen LogP contribution in [0.5, 0.6) is 5.75 Å². The Hall–Kier alpha value is -1.82. The van der Waals surface area contributed by atoms with Crippen LogP contribution in [0, 0.1) is 10.1 Å². The Morgan fingerprint density at radius 3 is 2.70 bits per heavy atom. The quantitative estimate of drug-likeness (QED) is 0.413. The Labute approximate surface area is 119 Å². The van der Waals surface area contributed by atoms with Gasteiger partial charge in [-0.05, 0) is 45.5 Å². The molecule has 0 saturated carbocycles. The molecule has 20 heavy (non-hydrogen) atoms. The van der Waals surface area contributed by atoms with Gasteiger partial charge in [-0.1, -0.05) is 13.0 Å². The molecule has 1 aromatic rings. The maximum Gasteiger partial charge on any atom is 0.333 e. The van der Waals surface area contributed by atoms with E-state index in [0.717, 1.165) is 19.5 Å². The van der Waals surface area contributed by atoms with Gasteiger partial charge in [0.2, 0.25) is 0 Å². The fourth-order valence-electron chi connectivity index (χ4n) is 1.82. The second-order valence-electron chi connectivity index (χ2n) is 4.71. The molecule has 1 aromatic carbocycles. The van der Waals surface area contributed by atoms with Crippen molar-refractivity contribution in [1.82, 2.24) is 5.32 Å². The molecule has 112 valence electrons. The summed E-state index contributed by atoms with van der Waals surface area (Å²) < 4.78 is 5.50. The third-order valence-corrected chi connectivity index (χ3v) is 2.64. The Kier molecular flexibility index (Phi) is 6.79. The normalized spacial score (nSPS) is 10.6. The molecule has 0 radical (unpaired) electrons. The highest BCUT2D eigenvalue weighted by Crippen LogP contribution is 2.35. The average molecular weight is 281 g/mol. The van der Waals surface area contributed by atoms with Gasteiger partial charge in [-0.25, -0.2) is 0 Å². The first-order valence-corrected chi connectivity index (χ1v) is 6.95. The summed E-state index contributed by atoms with van der Waals surface area (Å²) in [6, 6.07) is 5.10. The van der Waals surface area contributed by atoms with E-state index in [2.05, 4.69) is 10.6 Å². The molecule has 0 bridgehead atoms. The molecule has 0 aliphatic rings. The van der Waals surface area contributed by atoms with E-state index >= 15 is 0 Å².